The number of amides is 1. The Morgan fingerprint density at radius 3 is 2.21 bits per heavy atom. The molecule has 0 saturated carbocycles. The van der Waals surface area contributed by atoms with Gasteiger partial charge in [0.1, 0.15) is 11.5 Å². The molecule has 24 heavy (non-hydrogen) atoms. The second-order valence-corrected chi connectivity index (χ2v) is 4.89. The number of para-hydroxylation sites is 1. The number of alkyl halides is 3. The van der Waals surface area contributed by atoms with Gasteiger partial charge in [-0.25, -0.2) is 0 Å². The molecule has 0 aliphatic rings. The van der Waals surface area contributed by atoms with Crippen LogP contribution in [-0.2, 0) is 4.79 Å². The zero-order chi connectivity index (χ0) is 17.6. The number of nitrogens with one attached hydrogen (secondary N) is 1. The van der Waals surface area contributed by atoms with E-state index in [0.717, 1.165) is 12.1 Å². The molecule has 1 amide bonds. The van der Waals surface area contributed by atoms with Crippen LogP contribution in [-0.4, -0.2) is 18.4 Å². The van der Waals surface area contributed by atoms with Crippen LogP contribution in [0.4, 0.5) is 18.9 Å². The van der Waals surface area contributed by atoms with Gasteiger partial charge in [-0.05, 0) is 42.8 Å². The van der Waals surface area contributed by atoms with E-state index in [0.29, 0.717) is 17.9 Å². The lowest BCUT2D eigenvalue weighted by molar-refractivity contribution is -0.274. The van der Waals surface area contributed by atoms with Crippen molar-refractivity contribution in [3.8, 4) is 11.5 Å². The summed E-state index contributed by atoms with van der Waals surface area (Å²) in [6.07, 6.45) is -5.02. The van der Waals surface area contributed by atoms with Crippen LogP contribution in [0.1, 0.15) is 13.3 Å². The molecule has 0 saturated heterocycles. The van der Waals surface area contributed by atoms with Gasteiger partial charge in [-0.2, -0.15) is 0 Å². The second-order valence-electron chi connectivity index (χ2n) is 4.89. The summed E-state index contributed by atoms with van der Waals surface area (Å²) in [7, 11) is 0. The SMILES string of the molecule is CC[C@H](Oc1ccccc1)C(=O)Nc1ccc(OC(F)(F)F)cc1. The predicted octanol–water partition coefficient (Wildman–Crippen LogP) is 4.38. The number of ether oxygens (including phenoxy) is 2. The summed E-state index contributed by atoms with van der Waals surface area (Å²) in [5.74, 6) is -0.174. The Morgan fingerprint density at radius 1 is 1.04 bits per heavy atom. The minimum Gasteiger partial charge on any atom is -0.481 e. The molecule has 7 heteroatoms. The Labute approximate surface area is 137 Å². The van der Waals surface area contributed by atoms with E-state index in [2.05, 4.69) is 10.1 Å². The Hall–Kier alpha value is -2.70. The van der Waals surface area contributed by atoms with Crippen LogP contribution in [0.15, 0.2) is 54.6 Å². The van der Waals surface area contributed by atoms with E-state index < -0.39 is 12.5 Å². The first-order chi connectivity index (χ1) is 11.4. The fourth-order valence-electron chi connectivity index (χ4n) is 1.95. The maximum absolute atomic E-state index is 12.2. The molecule has 1 N–H and O–H groups in total. The van der Waals surface area contributed by atoms with Crippen LogP contribution in [0, 0.1) is 0 Å². The summed E-state index contributed by atoms with van der Waals surface area (Å²) in [6, 6.07) is 13.8. The summed E-state index contributed by atoms with van der Waals surface area (Å²) < 4.78 is 45.7. The maximum atomic E-state index is 12.2. The highest BCUT2D eigenvalue weighted by Gasteiger charge is 2.31. The van der Waals surface area contributed by atoms with Crippen LogP contribution in [0.2, 0.25) is 0 Å². The molecule has 4 nitrogen and oxygen atoms in total. The van der Waals surface area contributed by atoms with Crippen LogP contribution < -0.4 is 14.8 Å². The molecule has 0 fully saturated rings. The maximum Gasteiger partial charge on any atom is 0.573 e. The molecule has 0 heterocycles. The Bertz CT molecular complexity index is 657. The average molecular weight is 339 g/mol. The van der Waals surface area contributed by atoms with E-state index in [-0.39, 0.29) is 11.7 Å². The number of halogens is 3. The van der Waals surface area contributed by atoms with Gasteiger partial charge in [0.15, 0.2) is 6.10 Å². The Morgan fingerprint density at radius 2 is 1.67 bits per heavy atom. The molecule has 2 aromatic carbocycles. The van der Waals surface area contributed by atoms with E-state index >= 15 is 0 Å². The van der Waals surface area contributed by atoms with Crippen molar-refractivity contribution in [2.75, 3.05) is 5.32 Å². The Balaban J connectivity index is 1.97. The van der Waals surface area contributed by atoms with Crippen LogP contribution >= 0.6 is 0 Å². The smallest absolute Gasteiger partial charge is 0.481 e. The van der Waals surface area contributed by atoms with Crippen LogP contribution in [0.5, 0.6) is 11.5 Å². The van der Waals surface area contributed by atoms with Crippen LogP contribution in [0.3, 0.4) is 0 Å². The molecular weight excluding hydrogens is 323 g/mol. The first-order valence-corrected chi connectivity index (χ1v) is 7.26. The number of hydrogen-bond acceptors (Lipinski definition) is 3. The van der Waals surface area contributed by atoms with Crippen molar-refractivity contribution in [3.05, 3.63) is 54.6 Å². The van der Waals surface area contributed by atoms with Gasteiger partial charge in [-0.15, -0.1) is 13.2 Å². The van der Waals surface area contributed by atoms with Crippen molar-refractivity contribution in [2.45, 2.75) is 25.8 Å². The number of benzene rings is 2. The zero-order valence-electron chi connectivity index (χ0n) is 12.8. The molecule has 1 atom stereocenters. The summed E-state index contributed by atoms with van der Waals surface area (Å²) in [4.78, 5) is 12.2. The molecule has 0 bridgehead atoms. The van der Waals surface area contributed by atoms with Crippen molar-refractivity contribution in [1.29, 1.82) is 0 Å². The van der Waals surface area contributed by atoms with Gasteiger partial charge in [-0.3, -0.25) is 4.79 Å². The van der Waals surface area contributed by atoms with E-state index in [4.69, 9.17) is 4.74 Å². The molecule has 2 rings (SSSR count). The topological polar surface area (TPSA) is 47.6 Å². The summed E-state index contributed by atoms with van der Waals surface area (Å²) in [5.41, 5.74) is 0.352. The molecule has 0 radical (unpaired) electrons. The standard InChI is InChI=1S/C17H16F3NO3/c1-2-15(23-13-6-4-3-5-7-13)16(22)21-12-8-10-14(11-9-12)24-17(18,19)20/h3-11,15H,2H2,1H3,(H,21,22)/t15-/m0/s1. The summed E-state index contributed by atoms with van der Waals surface area (Å²) >= 11 is 0. The normalized spacial score (nSPS) is 12.3. The number of carbonyl (C=O) groups is 1. The molecule has 0 aromatic heterocycles. The molecule has 0 aliphatic carbocycles. The van der Waals surface area contributed by atoms with Gasteiger partial charge in [0.05, 0.1) is 0 Å². The van der Waals surface area contributed by atoms with Crippen molar-refractivity contribution >= 4 is 11.6 Å². The van der Waals surface area contributed by atoms with E-state index in [1.165, 1.54) is 12.1 Å². The number of anilines is 1. The highest BCUT2D eigenvalue weighted by Crippen LogP contribution is 2.24. The van der Waals surface area contributed by atoms with Crippen molar-refractivity contribution < 1.29 is 27.4 Å². The number of rotatable bonds is 6. The fraction of sp³-hybridized carbons (Fsp3) is 0.235. The lowest BCUT2D eigenvalue weighted by Crippen LogP contribution is -2.32. The average Bonchev–Trinajstić information content (AvgIpc) is 2.54. The van der Waals surface area contributed by atoms with Gasteiger partial charge < -0.3 is 14.8 Å². The Kier molecular flexibility index (Phi) is 5.68. The zero-order valence-corrected chi connectivity index (χ0v) is 12.8. The largest absolute Gasteiger partial charge is 0.573 e. The number of carbonyl (C=O) groups excluding carboxylic acids is 1. The molecule has 2 aromatic rings. The van der Waals surface area contributed by atoms with Crippen molar-refractivity contribution in [3.63, 3.8) is 0 Å². The van der Waals surface area contributed by atoms with Gasteiger partial charge in [0, 0.05) is 5.69 Å². The highest BCUT2D eigenvalue weighted by atomic mass is 19.4. The van der Waals surface area contributed by atoms with E-state index in [1.54, 1.807) is 31.2 Å². The van der Waals surface area contributed by atoms with Gasteiger partial charge in [-0.1, -0.05) is 25.1 Å². The fourth-order valence-corrected chi connectivity index (χ4v) is 1.95. The van der Waals surface area contributed by atoms with E-state index in [9.17, 15) is 18.0 Å². The van der Waals surface area contributed by atoms with E-state index in [1.807, 2.05) is 6.07 Å². The van der Waals surface area contributed by atoms with Gasteiger partial charge >= 0.3 is 6.36 Å². The van der Waals surface area contributed by atoms with Crippen molar-refractivity contribution in [2.24, 2.45) is 0 Å². The summed E-state index contributed by atoms with van der Waals surface area (Å²) in [6.45, 7) is 1.80. The first-order valence-electron chi connectivity index (χ1n) is 7.26. The second kappa shape index (κ2) is 7.72. The van der Waals surface area contributed by atoms with Gasteiger partial charge in [0.2, 0.25) is 0 Å². The lowest BCUT2D eigenvalue weighted by Gasteiger charge is -2.17. The highest BCUT2D eigenvalue weighted by molar-refractivity contribution is 5.94. The van der Waals surface area contributed by atoms with Gasteiger partial charge in [0.25, 0.3) is 5.91 Å². The summed E-state index contributed by atoms with van der Waals surface area (Å²) in [5, 5.41) is 2.60. The third-order valence-electron chi connectivity index (χ3n) is 3.04. The minimum atomic E-state index is -4.75. The molecular formula is C17H16F3NO3. The third kappa shape index (κ3) is 5.49. The molecule has 128 valence electrons. The molecule has 0 aliphatic heterocycles. The lowest BCUT2D eigenvalue weighted by atomic mass is 10.2. The molecule has 0 unspecified atom stereocenters. The first kappa shape index (κ1) is 17.7. The van der Waals surface area contributed by atoms with Crippen molar-refractivity contribution in [1.82, 2.24) is 0 Å². The number of hydrogen-bond donors (Lipinski definition) is 1. The van der Waals surface area contributed by atoms with Crippen LogP contribution in [0.25, 0.3) is 0 Å². The monoisotopic (exact) mass is 339 g/mol. The minimum absolute atomic E-state index is 0.352. The third-order valence-corrected chi connectivity index (χ3v) is 3.04. The molecule has 0 spiro atoms. The quantitative estimate of drug-likeness (QED) is 0.849. The predicted molar refractivity (Wildman–Crippen MR) is 82.9 cm³/mol.